The fourth-order valence-corrected chi connectivity index (χ4v) is 3.49. The van der Waals surface area contributed by atoms with E-state index in [-0.39, 0.29) is 6.61 Å². The summed E-state index contributed by atoms with van der Waals surface area (Å²) in [4.78, 5) is 7.15. The number of thiazole rings is 1. The minimum absolute atomic E-state index is 0.263. The predicted octanol–water partition coefficient (Wildman–Crippen LogP) is 2.37. The van der Waals surface area contributed by atoms with E-state index < -0.39 is 0 Å². The van der Waals surface area contributed by atoms with Crippen molar-refractivity contribution in [3.8, 4) is 0 Å². The van der Waals surface area contributed by atoms with E-state index in [2.05, 4.69) is 31.2 Å². The molecule has 1 aliphatic rings. The average molecular weight is 268 g/mol. The first kappa shape index (κ1) is 14.0. The lowest BCUT2D eigenvalue weighted by molar-refractivity contribution is 0.189. The fourth-order valence-electron chi connectivity index (χ4n) is 2.52. The van der Waals surface area contributed by atoms with Crippen molar-refractivity contribution in [1.29, 1.82) is 0 Å². The highest BCUT2D eigenvalue weighted by molar-refractivity contribution is 7.09. The first-order valence-electron chi connectivity index (χ1n) is 6.83. The number of aromatic nitrogens is 1. The zero-order valence-electron chi connectivity index (χ0n) is 11.6. The molecule has 0 spiro atoms. The summed E-state index contributed by atoms with van der Waals surface area (Å²) in [6, 6.07) is 0. The Hall–Kier alpha value is -0.450. The number of hydrogen-bond acceptors (Lipinski definition) is 4. The van der Waals surface area contributed by atoms with Crippen LogP contribution in [0.25, 0.3) is 0 Å². The maximum atomic E-state index is 9.38. The van der Waals surface area contributed by atoms with E-state index in [1.54, 1.807) is 11.3 Å². The van der Waals surface area contributed by atoms with Crippen LogP contribution < -0.4 is 0 Å². The maximum absolute atomic E-state index is 9.38. The quantitative estimate of drug-likeness (QED) is 0.890. The van der Waals surface area contributed by atoms with Crippen molar-refractivity contribution in [1.82, 2.24) is 9.88 Å². The lowest BCUT2D eigenvalue weighted by Gasteiger charge is -2.16. The summed E-state index contributed by atoms with van der Waals surface area (Å²) in [5, 5.41) is 12.8. The van der Waals surface area contributed by atoms with Crippen LogP contribution in [0.5, 0.6) is 0 Å². The van der Waals surface area contributed by atoms with Gasteiger partial charge in [-0.05, 0) is 31.8 Å². The molecular formula is C14H24N2OS. The van der Waals surface area contributed by atoms with Gasteiger partial charge in [-0.3, -0.25) is 0 Å². The SMILES string of the molecule is CC(C)C(CO)Cc1nc(C2CCN(C)C2)cs1. The summed E-state index contributed by atoms with van der Waals surface area (Å²) >= 11 is 1.76. The van der Waals surface area contributed by atoms with Crippen LogP contribution in [0.1, 0.15) is 36.9 Å². The molecule has 2 atom stereocenters. The van der Waals surface area contributed by atoms with Crippen LogP contribution in [-0.4, -0.2) is 41.7 Å². The Bertz CT molecular complexity index is 378. The van der Waals surface area contributed by atoms with Crippen LogP contribution >= 0.6 is 11.3 Å². The van der Waals surface area contributed by atoms with E-state index >= 15 is 0 Å². The summed E-state index contributed by atoms with van der Waals surface area (Å²) in [6.45, 7) is 6.92. The second-order valence-corrected chi connectivity index (χ2v) is 6.75. The number of hydrogen-bond donors (Lipinski definition) is 1. The van der Waals surface area contributed by atoms with Crippen LogP contribution in [0, 0.1) is 11.8 Å². The van der Waals surface area contributed by atoms with Gasteiger partial charge in [0.15, 0.2) is 0 Å². The van der Waals surface area contributed by atoms with Gasteiger partial charge in [0.1, 0.15) is 0 Å². The van der Waals surface area contributed by atoms with E-state index in [0.29, 0.717) is 17.8 Å². The molecule has 1 N–H and O–H groups in total. The molecule has 0 aromatic carbocycles. The molecule has 102 valence electrons. The summed E-state index contributed by atoms with van der Waals surface area (Å²) in [5.41, 5.74) is 1.26. The normalized spacial score (nSPS) is 22.8. The minimum Gasteiger partial charge on any atom is -0.396 e. The van der Waals surface area contributed by atoms with Crippen LogP contribution in [0.3, 0.4) is 0 Å². The van der Waals surface area contributed by atoms with E-state index in [9.17, 15) is 5.11 Å². The third-order valence-electron chi connectivity index (χ3n) is 3.99. The van der Waals surface area contributed by atoms with Gasteiger partial charge in [0, 0.05) is 30.9 Å². The van der Waals surface area contributed by atoms with Gasteiger partial charge in [-0.2, -0.15) is 0 Å². The second kappa shape index (κ2) is 6.13. The van der Waals surface area contributed by atoms with Gasteiger partial charge in [0.25, 0.3) is 0 Å². The largest absolute Gasteiger partial charge is 0.396 e. The van der Waals surface area contributed by atoms with Gasteiger partial charge < -0.3 is 10.0 Å². The lowest BCUT2D eigenvalue weighted by Crippen LogP contribution is -2.16. The molecule has 2 heterocycles. The molecule has 4 heteroatoms. The molecule has 18 heavy (non-hydrogen) atoms. The number of aliphatic hydroxyl groups is 1. The van der Waals surface area contributed by atoms with E-state index in [1.807, 2.05) is 0 Å². The van der Waals surface area contributed by atoms with Crippen molar-refractivity contribution in [2.75, 3.05) is 26.7 Å². The van der Waals surface area contributed by atoms with Crippen molar-refractivity contribution in [3.63, 3.8) is 0 Å². The standard InChI is InChI=1S/C14H24N2OS/c1-10(2)12(8-17)6-14-15-13(9-18-14)11-4-5-16(3)7-11/h9-12,17H,4-8H2,1-3H3. The molecule has 0 saturated carbocycles. The fraction of sp³-hybridized carbons (Fsp3) is 0.786. The summed E-state index contributed by atoms with van der Waals surface area (Å²) in [6.07, 6.45) is 2.15. The molecule has 1 aromatic rings. The molecule has 0 aliphatic carbocycles. The van der Waals surface area contributed by atoms with E-state index in [0.717, 1.165) is 13.0 Å². The Balaban J connectivity index is 1.97. The number of aliphatic hydroxyl groups excluding tert-OH is 1. The lowest BCUT2D eigenvalue weighted by atomic mass is 9.94. The van der Waals surface area contributed by atoms with Crippen LogP contribution in [-0.2, 0) is 6.42 Å². The first-order chi connectivity index (χ1) is 8.60. The smallest absolute Gasteiger partial charge is 0.0932 e. The second-order valence-electron chi connectivity index (χ2n) is 5.80. The molecule has 1 fully saturated rings. The van der Waals surface area contributed by atoms with Crippen molar-refractivity contribution >= 4 is 11.3 Å². The van der Waals surface area contributed by atoms with Gasteiger partial charge in [0.2, 0.25) is 0 Å². The molecule has 0 radical (unpaired) electrons. The van der Waals surface area contributed by atoms with E-state index in [4.69, 9.17) is 4.98 Å². The van der Waals surface area contributed by atoms with Gasteiger partial charge in [0.05, 0.1) is 10.7 Å². The average Bonchev–Trinajstić information content (AvgIpc) is 2.94. The predicted molar refractivity (Wildman–Crippen MR) is 76.1 cm³/mol. The first-order valence-corrected chi connectivity index (χ1v) is 7.71. The Morgan fingerprint density at radius 3 is 2.89 bits per heavy atom. The molecule has 2 unspecified atom stereocenters. The summed E-state index contributed by atoms with van der Waals surface area (Å²) in [5.74, 6) is 1.47. The molecule has 0 bridgehead atoms. The summed E-state index contributed by atoms with van der Waals surface area (Å²) < 4.78 is 0. The Kier molecular flexibility index (Phi) is 4.76. The summed E-state index contributed by atoms with van der Waals surface area (Å²) in [7, 11) is 2.17. The molecule has 0 amide bonds. The number of nitrogens with zero attached hydrogens (tertiary/aromatic N) is 2. The van der Waals surface area contributed by atoms with Crippen LogP contribution in [0.4, 0.5) is 0 Å². The minimum atomic E-state index is 0.263. The van der Waals surface area contributed by atoms with E-state index in [1.165, 1.54) is 23.7 Å². The number of likely N-dealkylation sites (N-methyl/N-ethyl adjacent to an activating group) is 1. The highest BCUT2D eigenvalue weighted by Crippen LogP contribution is 2.28. The molecule has 1 saturated heterocycles. The van der Waals surface area contributed by atoms with Crippen LogP contribution in [0.15, 0.2) is 5.38 Å². The Labute approximate surface area is 114 Å². The molecular weight excluding hydrogens is 244 g/mol. The number of rotatable bonds is 5. The van der Waals surface area contributed by atoms with Gasteiger partial charge >= 0.3 is 0 Å². The number of likely N-dealkylation sites (tertiary alicyclic amines) is 1. The topological polar surface area (TPSA) is 36.4 Å². The third-order valence-corrected chi connectivity index (χ3v) is 4.88. The van der Waals surface area contributed by atoms with Gasteiger partial charge in [-0.25, -0.2) is 4.98 Å². The molecule has 1 aliphatic heterocycles. The highest BCUT2D eigenvalue weighted by Gasteiger charge is 2.24. The molecule has 1 aromatic heterocycles. The molecule has 3 nitrogen and oxygen atoms in total. The van der Waals surface area contributed by atoms with Gasteiger partial charge in [-0.15, -0.1) is 11.3 Å². The zero-order chi connectivity index (χ0) is 13.1. The Morgan fingerprint density at radius 1 is 1.56 bits per heavy atom. The maximum Gasteiger partial charge on any atom is 0.0932 e. The zero-order valence-corrected chi connectivity index (χ0v) is 12.4. The monoisotopic (exact) mass is 268 g/mol. The van der Waals surface area contributed by atoms with Crippen molar-refractivity contribution in [2.45, 2.75) is 32.6 Å². The van der Waals surface area contributed by atoms with Crippen LogP contribution in [0.2, 0.25) is 0 Å². The van der Waals surface area contributed by atoms with Crippen molar-refractivity contribution in [3.05, 3.63) is 16.1 Å². The highest BCUT2D eigenvalue weighted by atomic mass is 32.1. The van der Waals surface area contributed by atoms with Crippen molar-refractivity contribution in [2.24, 2.45) is 11.8 Å². The molecule has 2 rings (SSSR count). The Morgan fingerprint density at radius 2 is 2.33 bits per heavy atom. The van der Waals surface area contributed by atoms with Crippen molar-refractivity contribution < 1.29 is 5.11 Å². The van der Waals surface area contributed by atoms with Gasteiger partial charge in [-0.1, -0.05) is 13.8 Å². The third kappa shape index (κ3) is 3.31.